The number of aromatic nitrogens is 1. The molecule has 0 saturated carbocycles. The molecule has 1 aliphatic heterocycles. The lowest BCUT2D eigenvalue weighted by Crippen LogP contribution is -2.38. The van der Waals surface area contributed by atoms with Crippen molar-refractivity contribution in [2.24, 2.45) is 5.92 Å². The van der Waals surface area contributed by atoms with Crippen LogP contribution in [0, 0.1) is 5.92 Å². The van der Waals surface area contributed by atoms with E-state index in [0.29, 0.717) is 18.7 Å². The summed E-state index contributed by atoms with van der Waals surface area (Å²) in [6, 6.07) is 0.813. The van der Waals surface area contributed by atoms with Crippen molar-refractivity contribution in [3.63, 3.8) is 0 Å². The van der Waals surface area contributed by atoms with Crippen LogP contribution < -0.4 is 16.0 Å². The van der Waals surface area contributed by atoms with E-state index < -0.39 is 11.7 Å². The van der Waals surface area contributed by atoms with Crippen LogP contribution in [-0.2, 0) is 11.0 Å². The van der Waals surface area contributed by atoms with Gasteiger partial charge in [-0.15, -0.1) is 0 Å². The van der Waals surface area contributed by atoms with Crippen LogP contribution in [0.15, 0.2) is 12.3 Å². The first kappa shape index (κ1) is 18.8. The lowest BCUT2D eigenvalue weighted by atomic mass is 10.00. The van der Waals surface area contributed by atoms with E-state index in [1.165, 1.54) is 0 Å². The van der Waals surface area contributed by atoms with Crippen LogP contribution in [-0.4, -0.2) is 37.1 Å². The summed E-state index contributed by atoms with van der Waals surface area (Å²) in [5, 5.41) is 8.79. The van der Waals surface area contributed by atoms with Gasteiger partial charge in [-0.3, -0.25) is 4.79 Å². The van der Waals surface area contributed by atoms with Crippen molar-refractivity contribution in [2.75, 3.05) is 31.5 Å². The van der Waals surface area contributed by atoms with Crippen molar-refractivity contribution < 1.29 is 18.0 Å². The molecule has 0 bridgehead atoms. The van der Waals surface area contributed by atoms with E-state index >= 15 is 0 Å². The minimum absolute atomic E-state index is 0.115. The minimum atomic E-state index is -4.48. The van der Waals surface area contributed by atoms with E-state index in [0.717, 1.165) is 32.0 Å². The number of amides is 1. The number of hydrogen-bond acceptors (Lipinski definition) is 4. The monoisotopic (exact) mass is 364 g/mol. The van der Waals surface area contributed by atoms with Crippen LogP contribution in [0.25, 0.3) is 0 Å². The number of rotatable bonds is 6. The molecule has 0 radical (unpaired) electrons. The molecule has 1 amide bonds. The first-order valence-electron chi connectivity index (χ1n) is 7.80. The first-order valence-corrected chi connectivity index (χ1v) is 8.18. The number of halogens is 4. The Bertz CT molecular complexity index is 562. The van der Waals surface area contributed by atoms with Gasteiger partial charge in [-0.25, -0.2) is 4.98 Å². The summed E-state index contributed by atoms with van der Waals surface area (Å²) in [6.07, 6.45) is -1.37. The third kappa shape index (κ3) is 5.83. The molecule has 0 spiro atoms. The molecule has 5 nitrogen and oxygen atoms in total. The van der Waals surface area contributed by atoms with Gasteiger partial charge in [0.1, 0.15) is 5.82 Å². The van der Waals surface area contributed by atoms with E-state index in [1.54, 1.807) is 0 Å². The summed E-state index contributed by atoms with van der Waals surface area (Å²) in [4.78, 5) is 15.4. The third-order valence-electron chi connectivity index (χ3n) is 3.80. The lowest BCUT2D eigenvalue weighted by Gasteiger charge is -2.22. The maximum atomic E-state index is 12.5. The van der Waals surface area contributed by atoms with Crippen LogP contribution in [0.2, 0.25) is 5.02 Å². The summed E-state index contributed by atoms with van der Waals surface area (Å²) < 4.78 is 37.6. The zero-order valence-electron chi connectivity index (χ0n) is 13.0. The Morgan fingerprint density at radius 3 is 2.88 bits per heavy atom. The predicted molar refractivity (Wildman–Crippen MR) is 86.0 cm³/mol. The van der Waals surface area contributed by atoms with Gasteiger partial charge >= 0.3 is 6.18 Å². The van der Waals surface area contributed by atoms with Crippen LogP contribution in [0.3, 0.4) is 0 Å². The molecule has 3 N–H and O–H groups in total. The van der Waals surface area contributed by atoms with Crippen molar-refractivity contribution in [1.82, 2.24) is 15.6 Å². The average molecular weight is 365 g/mol. The summed E-state index contributed by atoms with van der Waals surface area (Å²) in [5.74, 6) is 0.465. The third-order valence-corrected chi connectivity index (χ3v) is 4.09. The van der Waals surface area contributed by atoms with Crippen molar-refractivity contribution in [3.8, 4) is 0 Å². The highest BCUT2D eigenvalue weighted by molar-refractivity contribution is 6.32. The highest BCUT2D eigenvalue weighted by Gasteiger charge is 2.31. The van der Waals surface area contributed by atoms with Crippen LogP contribution in [0.5, 0.6) is 0 Å². The fraction of sp³-hybridized carbons (Fsp3) is 0.600. The van der Waals surface area contributed by atoms with Gasteiger partial charge in [0, 0.05) is 25.7 Å². The predicted octanol–water partition coefficient (Wildman–Crippen LogP) is 2.67. The van der Waals surface area contributed by atoms with Crippen molar-refractivity contribution >= 4 is 23.3 Å². The SMILES string of the molecule is O=C(CCNc1ncc(C(F)(F)F)cc1Cl)NCC1CCCNC1. The molecule has 1 saturated heterocycles. The largest absolute Gasteiger partial charge is 0.417 e. The second-order valence-corrected chi connectivity index (χ2v) is 6.15. The highest BCUT2D eigenvalue weighted by Crippen LogP contribution is 2.32. The molecule has 1 atom stereocenters. The van der Waals surface area contributed by atoms with Gasteiger partial charge in [0.05, 0.1) is 10.6 Å². The lowest BCUT2D eigenvalue weighted by molar-refractivity contribution is -0.137. The Hall–Kier alpha value is -1.54. The summed E-state index contributed by atoms with van der Waals surface area (Å²) >= 11 is 5.78. The molecule has 134 valence electrons. The molecule has 9 heteroatoms. The Morgan fingerprint density at radius 1 is 1.46 bits per heavy atom. The van der Waals surface area contributed by atoms with Crippen molar-refractivity contribution in [2.45, 2.75) is 25.4 Å². The number of pyridine rings is 1. The van der Waals surface area contributed by atoms with Gasteiger partial charge in [-0.1, -0.05) is 11.6 Å². The first-order chi connectivity index (χ1) is 11.4. The van der Waals surface area contributed by atoms with Gasteiger partial charge in [-0.05, 0) is 37.9 Å². The number of piperidine rings is 1. The van der Waals surface area contributed by atoms with Crippen LogP contribution in [0.1, 0.15) is 24.8 Å². The highest BCUT2D eigenvalue weighted by atomic mass is 35.5. The van der Waals surface area contributed by atoms with Gasteiger partial charge < -0.3 is 16.0 Å². The number of alkyl halides is 3. The van der Waals surface area contributed by atoms with Crippen LogP contribution in [0.4, 0.5) is 19.0 Å². The number of nitrogens with zero attached hydrogens (tertiary/aromatic N) is 1. The maximum Gasteiger partial charge on any atom is 0.417 e. The number of nitrogens with one attached hydrogen (secondary N) is 3. The zero-order valence-corrected chi connectivity index (χ0v) is 13.8. The molecule has 24 heavy (non-hydrogen) atoms. The molecule has 2 rings (SSSR count). The molecule has 2 heterocycles. The van der Waals surface area contributed by atoms with E-state index in [4.69, 9.17) is 11.6 Å². The standard InChI is InChI=1S/C15H20ClF3N4O/c16-12-6-11(15(17,18)19)9-23-14(12)21-5-3-13(24)22-8-10-2-1-4-20-7-10/h6,9-10,20H,1-5,7-8H2,(H,21,23)(H,22,24). The van der Waals surface area contributed by atoms with Gasteiger partial charge in [-0.2, -0.15) is 13.2 Å². The topological polar surface area (TPSA) is 66.0 Å². The smallest absolute Gasteiger partial charge is 0.368 e. The maximum absolute atomic E-state index is 12.5. The second kappa shape index (κ2) is 8.53. The quantitative estimate of drug-likeness (QED) is 0.726. The van der Waals surface area contributed by atoms with Gasteiger partial charge in [0.2, 0.25) is 5.91 Å². The molecular weight excluding hydrogens is 345 g/mol. The van der Waals surface area contributed by atoms with Crippen LogP contribution >= 0.6 is 11.6 Å². The van der Waals surface area contributed by atoms with Gasteiger partial charge in [0.15, 0.2) is 0 Å². The summed E-state index contributed by atoms with van der Waals surface area (Å²) in [6.45, 7) is 2.80. The number of anilines is 1. The molecule has 1 aliphatic rings. The Morgan fingerprint density at radius 2 is 2.25 bits per heavy atom. The second-order valence-electron chi connectivity index (χ2n) is 5.75. The molecule has 1 unspecified atom stereocenters. The fourth-order valence-electron chi connectivity index (χ4n) is 2.46. The van der Waals surface area contributed by atoms with Crippen molar-refractivity contribution in [3.05, 3.63) is 22.8 Å². The number of carbonyl (C=O) groups excluding carboxylic acids is 1. The number of carbonyl (C=O) groups is 1. The molecule has 0 aromatic carbocycles. The summed E-state index contributed by atoms with van der Waals surface area (Å²) in [5.41, 5.74) is -0.906. The average Bonchev–Trinajstić information content (AvgIpc) is 2.54. The van der Waals surface area contributed by atoms with E-state index in [2.05, 4.69) is 20.9 Å². The summed E-state index contributed by atoms with van der Waals surface area (Å²) in [7, 11) is 0. The van der Waals surface area contributed by atoms with E-state index in [-0.39, 0.29) is 29.7 Å². The normalized spacial score (nSPS) is 18.2. The number of hydrogen-bond donors (Lipinski definition) is 3. The molecule has 1 aromatic rings. The molecule has 1 fully saturated rings. The van der Waals surface area contributed by atoms with E-state index in [1.807, 2.05) is 0 Å². The molecular formula is C15H20ClF3N4O. The minimum Gasteiger partial charge on any atom is -0.368 e. The van der Waals surface area contributed by atoms with E-state index in [9.17, 15) is 18.0 Å². The fourth-order valence-corrected chi connectivity index (χ4v) is 2.70. The zero-order chi connectivity index (χ0) is 17.6. The Labute approximate surface area is 143 Å². The molecule has 1 aromatic heterocycles. The Balaban J connectivity index is 1.72. The van der Waals surface area contributed by atoms with Crippen molar-refractivity contribution in [1.29, 1.82) is 0 Å². The molecule has 0 aliphatic carbocycles. The Kier molecular flexibility index (Phi) is 6.68. The van der Waals surface area contributed by atoms with Gasteiger partial charge in [0.25, 0.3) is 0 Å².